The Bertz CT molecular complexity index is 311. The number of carbonyl (C=O) groups excluding carboxylic acids is 1. The van der Waals surface area contributed by atoms with Gasteiger partial charge in [0, 0.05) is 18.0 Å². The molecule has 0 saturated heterocycles. The van der Waals surface area contributed by atoms with Crippen LogP contribution in [-0.4, -0.2) is 11.0 Å². The molecular weight excluding hydrogens is 202 g/mol. The molecule has 0 radical (unpaired) electrons. The van der Waals surface area contributed by atoms with E-state index in [1.165, 1.54) is 0 Å². The number of hydrogen-bond acceptors (Lipinski definition) is 3. The maximum atomic E-state index is 11.6. The molecule has 0 N–H and O–H groups in total. The fourth-order valence-electron chi connectivity index (χ4n) is 1.41. The van der Waals surface area contributed by atoms with Gasteiger partial charge in [-0.25, -0.2) is 0 Å². The lowest BCUT2D eigenvalue weighted by atomic mass is 10.1. The molecule has 0 aliphatic heterocycles. The Morgan fingerprint density at radius 1 is 1.56 bits per heavy atom. The van der Waals surface area contributed by atoms with Crippen molar-refractivity contribution < 1.29 is 9.53 Å². The first kappa shape index (κ1) is 12.7. The van der Waals surface area contributed by atoms with Crippen LogP contribution < -0.4 is 0 Å². The minimum absolute atomic E-state index is 0.00313. The molecular formula is C13H19NO2. The molecule has 3 nitrogen and oxygen atoms in total. The van der Waals surface area contributed by atoms with Crippen molar-refractivity contribution in [1.29, 1.82) is 0 Å². The van der Waals surface area contributed by atoms with Gasteiger partial charge in [0.15, 0.2) is 0 Å². The normalized spacial score (nSPS) is 12.1. The molecule has 1 aromatic rings. The molecule has 88 valence electrons. The number of nitrogens with zero attached hydrogens (tertiary/aromatic N) is 1. The highest BCUT2D eigenvalue weighted by Gasteiger charge is 2.13. The van der Waals surface area contributed by atoms with E-state index in [1.54, 1.807) is 12.4 Å². The number of rotatable bonds is 6. The van der Waals surface area contributed by atoms with Crippen molar-refractivity contribution in [2.24, 2.45) is 5.92 Å². The largest absolute Gasteiger partial charge is 0.461 e. The van der Waals surface area contributed by atoms with Crippen LogP contribution in [0.4, 0.5) is 0 Å². The molecule has 16 heavy (non-hydrogen) atoms. The van der Waals surface area contributed by atoms with Gasteiger partial charge in [-0.1, -0.05) is 32.8 Å². The average Bonchev–Trinajstić information content (AvgIpc) is 2.34. The fourth-order valence-corrected chi connectivity index (χ4v) is 1.41. The number of carbonyl (C=O) groups is 1. The first-order valence-corrected chi connectivity index (χ1v) is 5.79. The molecule has 0 fully saturated rings. The molecule has 0 bridgehead atoms. The number of esters is 1. The van der Waals surface area contributed by atoms with Gasteiger partial charge in [-0.2, -0.15) is 0 Å². The zero-order valence-electron chi connectivity index (χ0n) is 9.98. The van der Waals surface area contributed by atoms with Crippen molar-refractivity contribution >= 4 is 5.97 Å². The second-order valence-electron chi connectivity index (χ2n) is 4.01. The quantitative estimate of drug-likeness (QED) is 0.693. The van der Waals surface area contributed by atoms with Crippen molar-refractivity contribution in [1.82, 2.24) is 4.98 Å². The van der Waals surface area contributed by atoms with Gasteiger partial charge in [0.25, 0.3) is 0 Å². The van der Waals surface area contributed by atoms with E-state index in [0.717, 1.165) is 24.8 Å². The molecule has 0 saturated carbocycles. The third-order valence-corrected chi connectivity index (χ3v) is 2.50. The second-order valence-corrected chi connectivity index (χ2v) is 4.01. The minimum Gasteiger partial charge on any atom is -0.461 e. The van der Waals surface area contributed by atoms with Crippen LogP contribution in [0.2, 0.25) is 0 Å². The first-order chi connectivity index (χ1) is 7.74. The Labute approximate surface area is 96.8 Å². The van der Waals surface area contributed by atoms with E-state index in [9.17, 15) is 4.79 Å². The Kier molecular flexibility index (Phi) is 5.54. The minimum atomic E-state index is -0.114. The maximum Gasteiger partial charge on any atom is 0.308 e. The number of pyridine rings is 1. The van der Waals surface area contributed by atoms with Gasteiger partial charge in [0.1, 0.15) is 6.61 Å². The lowest BCUT2D eigenvalue weighted by Crippen LogP contribution is -2.14. The van der Waals surface area contributed by atoms with Crippen LogP contribution in [0, 0.1) is 5.92 Å². The first-order valence-electron chi connectivity index (χ1n) is 5.79. The van der Waals surface area contributed by atoms with Crippen molar-refractivity contribution in [3.8, 4) is 0 Å². The summed E-state index contributed by atoms with van der Waals surface area (Å²) in [5.41, 5.74) is 0.929. The van der Waals surface area contributed by atoms with E-state index in [4.69, 9.17) is 4.74 Å². The fraction of sp³-hybridized carbons (Fsp3) is 0.538. The lowest BCUT2D eigenvalue weighted by Gasteiger charge is -2.10. The van der Waals surface area contributed by atoms with E-state index in [0.29, 0.717) is 6.61 Å². The molecule has 0 spiro atoms. The number of hydrogen-bond donors (Lipinski definition) is 0. The van der Waals surface area contributed by atoms with Crippen LogP contribution in [-0.2, 0) is 16.1 Å². The van der Waals surface area contributed by atoms with Gasteiger partial charge in [0.05, 0.1) is 5.92 Å². The predicted molar refractivity (Wildman–Crippen MR) is 62.7 cm³/mol. The van der Waals surface area contributed by atoms with E-state index < -0.39 is 0 Å². The highest BCUT2D eigenvalue weighted by molar-refractivity contribution is 5.71. The Morgan fingerprint density at radius 3 is 3.00 bits per heavy atom. The van der Waals surface area contributed by atoms with Crippen LogP contribution in [0.25, 0.3) is 0 Å². The molecule has 1 unspecified atom stereocenters. The van der Waals surface area contributed by atoms with E-state index in [1.807, 2.05) is 19.1 Å². The van der Waals surface area contributed by atoms with Crippen LogP contribution in [0.1, 0.15) is 38.7 Å². The molecule has 0 amide bonds. The Balaban J connectivity index is 2.29. The standard InChI is InChI=1S/C13H19NO2/c1-3-4-6-11(2)13(15)16-10-12-7-5-8-14-9-12/h5,7-9,11H,3-4,6,10H2,1-2H3. The Hall–Kier alpha value is -1.38. The average molecular weight is 221 g/mol. The summed E-state index contributed by atoms with van der Waals surface area (Å²) in [5.74, 6) is -0.117. The van der Waals surface area contributed by atoms with Crippen molar-refractivity contribution in [3.05, 3.63) is 30.1 Å². The second kappa shape index (κ2) is 6.99. The summed E-state index contributed by atoms with van der Waals surface area (Å²) in [6.45, 7) is 4.36. The van der Waals surface area contributed by atoms with E-state index >= 15 is 0 Å². The van der Waals surface area contributed by atoms with Gasteiger partial charge < -0.3 is 4.74 Å². The monoisotopic (exact) mass is 221 g/mol. The molecule has 0 aromatic carbocycles. The molecule has 0 aliphatic carbocycles. The number of aromatic nitrogens is 1. The lowest BCUT2D eigenvalue weighted by molar-refractivity contribution is -0.149. The molecule has 1 rings (SSSR count). The van der Waals surface area contributed by atoms with Crippen LogP contribution in [0.5, 0.6) is 0 Å². The molecule has 1 heterocycles. The van der Waals surface area contributed by atoms with Gasteiger partial charge in [-0.3, -0.25) is 9.78 Å². The zero-order chi connectivity index (χ0) is 11.8. The van der Waals surface area contributed by atoms with Crippen LogP contribution in [0.3, 0.4) is 0 Å². The van der Waals surface area contributed by atoms with Gasteiger partial charge in [-0.05, 0) is 12.5 Å². The van der Waals surface area contributed by atoms with E-state index in [2.05, 4.69) is 11.9 Å². The predicted octanol–water partition coefficient (Wildman–Crippen LogP) is 2.95. The third kappa shape index (κ3) is 4.43. The Morgan fingerprint density at radius 2 is 2.38 bits per heavy atom. The number of ether oxygens (including phenoxy) is 1. The summed E-state index contributed by atoms with van der Waals surface area (Å²) in [7, 11) is 0. The van der Waals surface area contributed by atoms with Crippen molar-refractivity contribution in [2.45, 2.75) is 39.7 Å². The van der Waals surface area contributed by atoms with Crippen LogP contribution in [0.15, 0.2) is 24.5 Å². The van der Waals surface area contributed by atoms with Crippen LogP contribution >= 0.6 is 0 Å². The summed E-state index contributed by atoms with van der Waals surface area (Å²) < 4.78 is 5.21. The molecule has 1 aromatic heterocycles. The summed E-state index contributed by atoms with van der Waals surface area (Å²) in [4.78, 5) is 15.5. The van der Waals surface area contributed by atoms with Gasteiger partial charge in [0.2, 0.25) is 0 Å². The van der Waals surface area contributed by atoms with Crippen molar-refractivity contribution in [2.75, 3.05) is 0 Å². The van der Waals surface area contributed by atoms with Crippen molar-refractivity contribution in [3.63, 3.8) is 0 Å². The SMILES string of the molecule is CCCCC(C)C(=O)OCc1cccnc1. The summed E-state index contributed by atoms with van der Waals surface area (Å²) >= 11 is 0. The summed E-state index contributed by atoms with van der Waals surface area (Å²) in [6, 6.07) is 3.74. The zero-order valence-corrected chi connectivity index (χ0v) is 9.98. The smallest absolute Gasteiger partial charge is 0.308 e. The summed E-state index contributed by atoms with van der Waals surface area (Å²) in [6.07, 6.45) is 6.50. The van der Waals surface area contributed by atoms with E-state index in [-0.39, 0.29) is 11.9 Å². The topological polar surface area (TPSA) is 39.2 Å². The third-order valence-electron chi connectivity index (χ3n) is 2.50. The summed E-state index contributed by atoms with van der Waals surface area (Å²) in [5, 5.41) is 0. The molecule has 1 atom stereocenters. The van der Waals surface area contributed by atoms with Gasteiger partial charge >= 0.3 is 5.97 Å². The highest BCUT2D eigenvalue weighted by atomic mass is 16.5. The number of unbranched alkanes of at least 4 members (excludes halogenated alkanes) is 1. The molecule has 0 aliphatic rings. The maximum absolute atomic E-state index is 11.6. The highest BCUT2D eigenvalue weighted by Crippen LogP contribution is 2.10. The van der Waals surface area contributed by atoms with Gasteiger partial charge in [-0.15, -0.1) is 0 Å². The molecule has 3 heteroatoms.